The smallest absolute Gasteiger partial charge is 0.262 e. The fourth-order valence-electron chi connectivity index (χ4n) is 3.38. The van der Waals surface area contributed by atoms with Crippen molar-refractivity contribution in [1.82, 2.24) is 19.5 Å². The average Bonchev–Trinajstić information content (AvgIpc) is 3.27. The number of fused-ring (bicyclic) bond motifs is 2. The maximum atomic E-state index is 13.2. The molecule has 0 aliphatic carbocycles. The standard InChI is InChI=1S/C23H17ClN4O2S/c1-14-21(26-19-7-3-2-6-18(19)25-14)13-31-23-27-20-11-15(24)8-9-17(20)22(29)28(23)12-16-5-4-10-30-16/h2-11H,12-13H2,1H3. The molecule has 0 radical (unpaired) electrons. The Kier molecular flexibility index (Phi) is 5.21. The predicted molar refractivity (Wildman–Crippen MR) is 123 cm³/mol. The molecule has 0 atom stereocenters. The molecule has 0 N–H and O–H groups in total. The van der Waals surface area contributed by atoms with Crippen LogP contribution in [-0.4, -0.2) is 19.5 Å². The lowest BCUT2D eigenvalue weighted by molar-refractivity contribution is 0.476. The molecule has 2 aromatic carbocycles. The van der Waals surface area contributed by atoms with E-state index in [0.717, 1.165) is 22.4 Å². The molecule has 0 bridgehead atoms. The fraction of sp³-hybridized carbons (Fsp3) is 0.130. The van der Waals surface area contributed by atoms with Crippen molar-refractivity contribution in [2.75, 3.05) is 0 Å². The topological polar surface area (TPSA) is 73.8 Å². The van der Waals surface area contributed by atoms with Crippen molar-refractivity contribution in [3.8, 4) is 0 Å². The molecule has 5 rings (SSSR count). The monoisotopic (exact) mass is 448 g/mol. The van der Waals surface area contributed by atoms with Gasteiger partial charge in [0.1, 0.15) is 5.76 Å². The molecule has 0 saturated carbocycles. The van der Waals surface area contributed by atoms with Crippen LogP contribution < -0.4 is 5.56 Å². The predicted octanol–water partition coefficient (Wildman–Crippen LogP) is 5.24. The second-order valence-corrected chi connectivity index (χ2v) is 8.44. The summed E-state index contributed by atoms with van der Waals surface area (Å²) in [4.78, 5) is 27.4. The van der Waals surface area contributed by atoms with Gasteiger partial charge in [0, 0.05) is 10.8 Å². The molecule has 0 saturated heterocycles. The van der Waals surface area contributed by atoms with Gasteiger partial charge >= 0.3 is 0 Å². The van der Waals surface area contributed by atoms with Gasteiger partial charge in [-0.15, -0.1) is 0 Å². The van der Waals surface area contributed by atoms with Crippen molar-refractivity contribution < 1.29 is 4.42 Å². The average molecular weight is 449 g/mol. The third-order valence-electron chi connectivity index (χ3n) is 4.96. The Morgan fingerprint density at radius 2 is 1.81 bits per heavy atom. The van der Waals surface area contributed by atoms with E-state index in [0.29, 0.717) is 39.1 Å². The number of halogens is 1. The Labute approximate surface area is 186 Å². The largest absolute Gasteiger partial charge is 0.467 e. The summed E-state index contributed by atoms with van der Waals surface area (Å²) in [5, 5.41) is 1.63. The minimum absolute atomic E-state index is 0.137. The van der Waals surface area contributed by atoms with E-state index < -0.39 is 0 Å². The van der Waals surface area contributed by atoms with Gasteiger partial charge in [-0.25, -0.2) is 15.0 Å². The Morgan fingerprint density at radius 3 is 2.58 bits per heavy atom. The summed E-state index contributed by atoms with van der Waals surface area (Å²) in [6.07, 6.45) is 1.59. The van der Waals surface area contributed by atoms with E-state index in [1.54, 1.807) is 35.1 Å². The molecule has 0 aliphatic heterocycles. The lowest BCUT2D eigenvalue weighted by Gasteiger charge is -2.13. The van der Waals surface area contributed by atoms with Gasteiger partial charge in [0.25, 0.3) is 5.56 Å². The summed E-state index contributed by atoms with van der Waals surface area (Å²) >= 11 is 7.58. The molecular formula is C23H17ClN4O2S. The molecule has 0 unspecified atom stereocenters. The molecule has 154 valence electrons. The van der Waals surface area contributed by atoms with E-state index in [2.05, 4.69) is 4.98 Å². The summed E-state index contributed by atoms with van der Waals surface area (Å²) in [6, 6.07) is 16.5. The molecular weight excluding hydrogens is 432 g/mol. The summed E-state index contributed by atoms with van der Waals surface area (Å²) in [7, 11) is 0. The van der Waals surface area contributed by atoms with Gasteiger partial charge < -0.3 is 4.42 Å². The highest BCUT2D eigenvalue weighted by atomic mass is 35.5. The van der Waals surface area contributed by atoms with E-state index >= 15 is 0 Å². The lowest BCUT2D eigenvalue weighted by atomic mass is 10.2. The first-order valence-corrected chi connectivity index (χ1v) is 11.0. The first kappa shape index (κ1) is 19.8. The van der Waals surface area contributed by atoms with Crippen LogP contribution in [0.15, 0.2) is 75.2 Å². The van der Waals surface area contributed by atoms with Crippen molar-refractivity contribution >= 4 is 45.3 Å². The van der Waals surface area contributed by atoms with Crippen molar-refractivity contribution in [2.24, 2.45) is 0 Å². The van der Waals surface area contributed by atoms with Crippen LogP contribution in [0.1, 0.15) is 17.1 Å². The fourth-order valence-corrected chi connectivity index (χ4v) is 4.55. The number of para-hydroxylation sites is 2. The molecule has 0 fully saturated rings. The van der Waals surface area contributed by atoms with Crippen LogP contribution in [-0.2, 0) is 12.3 Å². The highest BCUT2D eigenvalue weighted by Gasteiger charge is 2.15. The molecule has 0 amide bonds. The Balaban J connectivity index is 1.56. The van der Waals surface area contributed by atoms with E-state index in [1.807, 2.05) is 37.3 Å². The van der Waals surface area contributed by atoms with Gasteiger partial charge in [-0.05, 0) is 49.4 Å². The van der Waals surface area contributed by atoms with Gasteiger partial charge in [-0.2, -0.15) is 0 Å². The van der Waals surface area contributed by atoms with Gasteiger partial charge in [-0.1, -0.05) is 35.5 Å². The maximum Gasteiger partial charge on any atom is 0.262 e. The quantitative estimate of drug-likeness (QED) is 0.270. The van der Waals surface area contributed by atoms with Crippen LogP contribution in [0.5, 0.6) is 0 Å². The number of hydrogen-bond acceptors (Lipinski definition) is 6. The van der Waals surface area contributed by atoms with Crippen LogP contribution in [0.3, 0.4) is 0 Å². The number of aromatic nitrogens is 4. The third-order valence-corrected chi connectivity index (χ3v) is 6.18. The molecule has 3 aromatic heterocycles. The Morgan fingerprint density at radius 1 is 1.00 bits per heavy atom. The minimum atomic E-state index is -0.137. The zero-order chi connectivity index (χ0) is 21.4. The van der Waals surface area contributed by atoms with Gasteiger partial charge in [-0.3, -0.25) is 9.36 Å². The Hall–Kier alpha value is -3.16. The number of nitrogens with zero attached hydrogens (tertiary/aromatic N) is 4. The van der Waals surface area contributed by atoms with E-state index in [4.69, 9.17) is 26.0 Å². The van der Waals surface area contributed by atoms with Crippen molar-refractivity contribution in [1.29, 1.82) is 0 Å². The first-order chi connectivity index (χ1) is 15.1. The zero-order valence-corrected chi connectivity index (χ0v) is 18.2. The van der Waals surface area contributed by atoms with Crippen LogP contribution in [0, 0.1) is 6.92 Å². The van der Waals surface area contributed by atoms with Crippen LogP contribution in [0.25, 0.3) is 21.9 Å². The van der Waals surface area contributed by atoms with Crippen LogP contribution in [0.2, 0.25) is 5.02 Å². The molecule has 31 heavy (non-hydrogen) atoms. The third kappa shape index (κ3) is 3.94. The molecule has 0 aliphatic rings. The van der Waals surface area contributed by atoms with E-state index in [-0.39, 0.29) is 5.56 Å². The van der Waals surface area contributed by atoms with Gasteiger partial charge in [0.15, 0.2) is 5.16 Å². The zero-order valence-electron chi connectivity index (χ0n) is 16.6. The van der Waals surface area contributed by atoms with Crippen molar-refractivity contribution in [3.05, 3.63) is 93.4 Å². The normalized spacial score (nSPS) is 11.4. The summed E-state index contributed by atoms with van der Waals surface area (Å²) in [5.74, 6) is 1.21. The number of aryl methyl sites for hydroxylation is 1. The number of thioether (sulfide) groups is 1. The van der Waals surface area contributed by atoms with Gasteiger partial charge in [0.05, 0.1) is 46.1 Å². The Bertz CT molecular complexity index is 1460. The molecule has 3 heterocycles. The summed E-state index contributed by atoms with van der Waals surface area (Å²) in [6.45, 7) is 2.24. The van der Waals surface area contributed by atoms with Crippen LogP contribution >= 0.6 is 23.4 Å². The minimum Gasteiger partial charge on any atom is -0.467 e. The molecule has 5 aromatic rings. The van der Waals surface area contributed by atoms with E-state index in [1.165, 1.54) is 11.8 Å². The van der Waals surface area contributed by atoms with Crippen molar-refractivity contribution in [3.63, 3.8) is 0 Å². The highest BCUT2D eigenvalue weighted by Crippen LogP contribution is 2.25. The van der Waals surface area contributed by atoms with Gasteiger partial charge in [0.2, 0.25) is 0 Å². The van der Waals surface area contributed by atoms with Crippen molar-refractivity contribution in [2.45, 2.75) is 24.4 Å². The second-order valence-electron chi connectivity index (χ2n) is 7.06. The summed E-state index contributed by atoms with van der Waals surface area (Å²) in [5.41, 5.74) is 3.85. The van der Waals surface area contributed by atoms with E-state index in [9.17, 15) is 4.79 Å². The molecule has 8 heteroatoms. The number of benzene rings is 2. The molecule has 0 spiro atoms. The second kappa shape index (κ2) is 8.17. The lowest BCUT2D eigenvalue weighted by Crippen LogP contribution is -2.24. The van der Waals surface area contributed by atoms with Crippen LogP contribution in [0.4, 0.5) is 0 Å². The first-order valence-electron chi connectivity index (χ1n) is 9.66. The summed E-state index contributed by atoms with van der Waals surface area (Å²) < 4.78 is 7.10. The SMILES string of the molecule is Cc1nc2ccccc2nc1CSc1nc2cc(Cl)ccc2c(=O)n1Cc1ccco1. The highest BCUT2D eigenvalue weighted by molar-refractivity contribution is 7.98. The number of furan rings is 1. The number of rotatable bonds is 5. The maximum absolute atomic E-state index is 13.2. The molecule has 6 nitrogen and oxygen atoms in total. The number of hydrogen-bond donors (Lipinski definition) is 0.